The first-order valence-electron chi connectivity index (χ1n) is 7.65. The molecular weight excluding hydrogens is 256 g/mol. The summed E-state index contributed by atoms with van der Waals surface area (Å²) in [5, 5.41) is 0. The summed E-state index contributed by atoms with van der Waals surface area (Å²) in [6.45, 7) is 8.86. The van der Waals surface area contributed by atoms with E-state index in [2.05, 4.69) is 86.1 Å². The zero-order chi connectivity index (χ0) is 15.0. The van der Waals surface area contributed by atoms with Crippen LogP contribution in [0.3, 0.4) is 0 Å². The van der Waals surface area contributed by atoms with Crippen LogP contribution in [0, 0.1) is 0 Å². The van der Waals surface area contributed by atoms with Crippen LogP contribution in [0.4, 0.5) is 17.1 Å². The van der Waals surface area contributed by atoms with Gasteiger partial charge in [0.25, 0.3) is 0 Å². The van der Waals surface area contributed by atoms with Crippen molar-refractivity contribution < 1.29 is 0 Å². The molecule has 21 heavy (non-hydrogen) atoms. The Bertz CT molecular complexity index is 623. The molecule has 2 nitrogen and oxygen atoms in total. The van der Waals surface area contributed by atoms with Gasteiger partial charge in [-0.25, -0.2) is 0 Å². The van der Waals surface area contributed by atoms with Crippen LogP contribution in [-0.2, 0) is 5.41 Å². The predicted octanol–water partition coefficient (Wildman–Crippen LogP) is 4.57. The highest BCUT2D eigenvalue weighted by Gasteiger charge is 2.21. The summed E-state index contributed by atoms with van der Waals surface area (Å²) in [7, 11) is 2.17. The fourth-order valence-electron chi connectivity index (χ4n) is 2.92. The smallest absolute Gasteiger partial charge is 0.0649 e. The second-order valence-electron chi connectivity index (χ2n) is 6.86. The molecule has 3 rings (SSSR count). The van der Waals surface area contributed by atoms with Crippen LogP contribution in [0.5, 0.6) is 0 Å². The Hall–Kier alpha value is -1.96. The third-order valence-corrected chi connectivity index (χ3v) is 4.29. The second-order valence-corrected chi connectivity index (χ2v) is 6.86. The topological polar surface area (TPSA) is 6.48 Å². The van der Waals surface area contributed by atoms with Crippen molar-refractivity contribution in [3.8, 4) is 0 Å². The van der Waals surface area contributed by atoms with Gasteiger partial charge in [0.05, 0.1) is 11.4 Å². The molecule has 0 bridgehead atoms. The zero-order valence-electron chi connectivity index (χ0n) is 13.4. The molecule has 2 aromatic rings. The minimum absolute atomic E-state index is 0.207. The average Bonchev–Trinajstić information content (AvgIpc) is 2.47. The standard InChI is InChI=1S/C19H24N2/c1-19(2,3)15-9-11-16(12-10-15)21-14-13-20(4)17-7-5-6-8-18(17)21/h5-12H,13-14H2,1-4H3. The zero-order valence-corrected chi connectivity index (χ0v) is 13.4. The van der Waals surface area contributed by atoms with Gasteiger partial charge in [-0.15, -0.1) is 0 Å². The quantitative estimate of drug-likeness (QED) is 0.755. The van der Waals surface area contributed by atoms with Gasteiger partial charge in [-0.3, -0.25) is 0 Å². The van der Waals surface area contributed by atoms with Crippen LogP contribution in [-0.4, -0.2) is 20.1 Å². The summed E-state index contributed by atoms with van der Waals surface area (Å²) in [6, 6.07) is 17.7. The normalized spacial score (nSPS) is 15.0. The molecule has 0 saturated heterocycles. The highest BCUT2D eigenvalue weighted by atomic mass is 15.3. The largest absolute Gasteiger partial charge is 0.371 e. The van der Waals surface area contributed by atoms with Crippen LogP contribution in [0.1, 0.15) is 26.3 Å². The van der Waals surface area contributed by atoms with E-state index in [1.165, 1.54) is 22.6 Å². The SMILES string of the molecule is CN1CCN(c2ccc(C(C)(C)C)cc2)c2ccccc21. The van der Waals surface area contributed by atoms with Gasteiger partial charge in [0.1, 0.15) is 0 Å². The van der Waals surface area contributed by atoms with Crippen molar-refractivity contribution in [1.82, 2.24) is 0 Å². The molecule has 0 aromatic heterocycles. The maximum atomic E-state index is 2.42. The van der Waals surface area contributed by atoms with Gasteiger partial charge in [0.2, 0.25) is 0 Å². The van der Waals surface area contributed by atoms with Crippen molar-refractivity contribution in [2.45, 2.75) is 26.2 Å². The molecule has 110 valence electrons. The Balaban J connectivity index is 1.97. The number of hydrogen-bond acceptors (Lipinski definition) is 2. The summed E-state index contributed by atoms with van der Waals surface area (Å²) >= 11 is 0. The minimum atomic E-state index is 0.207. The Kier molecular flexibility index (Phi) is 3.40. The third-order valence-electron chi connectivity index (χ3n) is 4.29. The molecule has 0 radical (unpaired) electrons. The number of anilines is 3. The maximum absolute atomic E-state index is 2.42. The lowest BCUT2D eigenvalue weighted by atomic mass is 9.87. The fourth-order valence-corrected chi connectivity index (χ4v) is 2.92. The van der Waals surface area contributed by atoms with Gasteiger partial charge in [-0.1, -0.05) is 45.0 Å². The second kappa shape index (κ2) is 5.10. The first-order valence-corrected chi connectivity index (χ1v) is 7.65. The van der Waals surface area contributed by atoms with E-state index in [0.29, 0.717) is 0 Å². The lowest BCUT2D eigenvalue weighted by Crippen LogP contribution is -2.36. The monoisotopic (exact) mass is 280 g/mol. The van der Waals surface area contributed by atoms with Gasteiger partial charge >= 0.3 is 0 Å². The highest BCUT2D eigenvalue weighted by molar-refractivity contribution is 5.79. The minimum Gasteiger partial charge on any atom is -0.371 e. The van der Waals surface area contributed by atoms with Gasteiger partial charge in [-0.2, -0.15) is 0 Å². The van der Waals surface area contributed by atoms with E-state index >= 15 is 0 Å². The van der Waals surface area contributed by atoms with Crippen LogP contribution < -0.4 is 9.80 Å². The summed E-state index contributed by atoms with van der Waals surface area (Å²) in [5.74, 6) is 0. The number of benzene rings is 2. The molecule has 2 aromatic carbocycles. The lowest BCUT2D eigenvalue weighted by molar-refractivity contribution is 0.590. The Labute approximate surface area is 128 Å². The number of para-hydroxylation sites is 2. The van der Waals surface area contributed by atoms with Crippen LogP contribution in [0.25, 0.3) is 0 Å². The molecule has 2 heteroatoms. The summed E-state index contributed by atoms with van der Waals surface area (Å²) in [6.07, 6.45) is 0. The molecule has 1 aliphatic heterocycles. The van der Waals surface area contributed by atoms with Crippen LogP contribution in [0.2, 0.25) is 0 Å². The first-order chi connectivity index (χ1) is 9.97. The van der Waals surface area contributed by atoms with Crippen molar-refractivity contribution in [1.29, 1.82) is 0 Å². The van der Waals surface area contributed by atoms with E-state index in [-0.39, 0.29) is 5.41 Å². The van der Waals surface area contributed by atoms with E-state index in [1.807, 2.05) is 0 Å². The number of rotatable bonds is 1. The predicted molar refractivity (Wildman–Crippen MR) is 91.9 cm³/mol. The lowest BCUT2D eigenvalue weighted by Gasteiger charge is -2.37. The molecule has 0 aliphatic carbocycles. The van der Waals surface area contributed by atoms with Gasteiger partial charge in [0.15, 0.2) is 0 Å². The summed E-state index contributed by atoms with van der Waals surface area (Å²) in [4.78, 5) is 4.75. The van der Waals surface area contributed by atoms with Crippen LogP contribution in [0.15, 0.2) is 48.5 Å². The van der Waals surface area contributed by atoms with Crippen molar-refractivity contribution >= 4 is 17.1 Å². The molecule has 1 aliphatic rings. The fraction of sp³-hybridized carbons (Fsp3) is 0.368. The number of hydrogen-bond donors (Lipinski definition) is 0. The van der Waals surface area contributed by atoms with Crippen LogP contribution >= 0.6 is 0 Å². The maximum Gasteiger partial charge on any atom is 0.0649 e. The molecular formula is C19H24N2. The van der Waals surface area contributed by atoms with Gasteiger partial charge < -0.3 is 9.80 Å². The average molecular weight is 280 g/mol. The third kappa shape index (κ3) is 2.63. The molecule has 0 fully saturated rings. The Morgan fingerprint density at radius 3 is 2.05 bits per heavy atom. The molecule has 0 saturated carbocycles. The van der Waals surface area contributed by atoms with Crippen molar-refractivity contribution in [3.05, 3.63) is 54.1 Å². The highest BCUT2D eigenvalue weighted by Crippen LogP contribution is 2.37. The van der Waals surface area contributed by atoms with Gasteiger partial charge in [-0.05, 0) is 35.2 Å². The number of nitrogens with zero attached hydrogens (tertiary/aromatic N) is 2. The van der Waals surface area contributed by atoms with Crippen molar-refractivity contribution in [2.75, 3.05) is 29.9 Å². The summed E-state index contributed by atoms with van der Waals surface area (Å²) < 4.78 is 0. The first kappa shape index (κ1) is 14.0. The van der Waals surface area contributed by atoms with E-state index in [0.717, 1.165) is 13.1 Å². The molecule has 0 atom stereocenters. The molecule has 0 N–H and O–H groups in total. The Morgan fingerprint density at radius 2 is 1.43 bits per heavy atom. The van der Waals surface area contributed by atoms with Crippen molar-refractivity contribution in [3.63, 3.8) is 0 Å². The van der Waals surface area contributed by atoms with Gasteiger partial charge in [0, 0.05) is 25.8 Å². The molecule has 0 amide bonds. The molecule has 0 unspecified atom stereocenters. The molecule has 1 heterocycles. The number of likely N-dealkylation sites (N-methyl/N-ethyl adjacent to an activating group) is 1. The van der Waals surface area contributed by atoms with E-state index in [1.54, 1.807) is 0 Å². The van der Waals surface area contributed by atoms with E-state index in [4.69, 9.17) is 0 Å². The Morgan fingerprint density at radius 1 is 0.810 bits per heavy atom. The van der Waals surface area contributed by atoms with E-state index < -0.39 is 0 Å². The molecule has 0 spiro atoms. The summed E-state index contributed by atoms with van der Waals surface area (Å²) in [5.41, 5.74) is 5.48. The number of fused-ring (bicyclic) bond motifs is 1. The van der Waals surface area contributed by atoms with Crippen molar-refractivity contribution in [2.24, 2.45) is 0 Å². The van der Waals surface area contributed by atoms with E-state index in [9.17, 15) is 0 Å².